The number of fused-ring (bicyclic) bond motifs is 1. The number of nitrogens with zero attached hydrogens (tertiary/aromatic N) is 2. The molecule has 1 aromatic heterocycles. The van der Waals surface area contributed by atoms with Gasteiger partial charge in [0.1, 0.15) is 0 Å². The van der Waals surface area contributed by atoms with Crippen LogP contribution in [-0.2, 0) is 6.54 Å². The van der Waals surface area contributed by atoms with Crippen LogP contribution in [0.4, 0.5) is 0 Å². The standard InChI is InChI=1S/C15H19ClN2/c16-14-7-6-13-11-18(17-15(13)10-14)9-8-12-4-2-1-3-5-12/h6-7,10-12H,1-5,8-9H2. The van der Waals surface area contributed by atoms with Gasteiger partial charge in [-0.2, -0.15) is 5.10 Å². The van der Waals surface area contributed by atoms with Crippen molar-refractivity contribution in [3.8, 4) is 0 Å². The summed E-state index contributed by atoms with van der Waals surface area (Å²) in [5, 5.41) is 6.54. The van der Waals surface area contributed by atoms with E-state index in [2.05, 4.69) is 16.0 Å². The Morgan fingerprint density at radius 3 is 2.89 bits per heavy atom. The summed E-state index contributed by atoms with van der Waals surface area (Å²) in [5.41, 5.74) is 1.01. The fourth-order valence-corrected chi connectivity index (χ4v) is 3.11. The second-order valence-corrected chi connectivity index (χ2v) is 5.82. The van der Waals surface area contributed by atoms with Gasteiger partial charge in [0.25, 0.3) is 0 Å². The van der Waals surface area contributed by atoms with Crippen LogP contribution in [0.1, 0.15) is 38.5 Å². The summed E-state index contributed by atoms with van der Waals surface area (Å²) in [6.07, 6.45) is 10.5. The van der Waals surface area contributed by atoms with E-state index in [1.165, 1.54) is 43.9 Å². The average Bonchev–Trinajstić information content (AvgIpc) is 2.79. The topological polar surface area (TPSA) is 17.8 Å². The average molecular weight is 263 g/mol. The van der Waals surface area contributed by atoms with Crippen LogP contribution in [0, 0.1) is 5.92 Å². The number of halogens is 1. The van der Waals surface area contributed by atoms with Crippen molar-refractivity contribution in [1.82, 2.24) is 9.78 Å². The summed E-state index contributed by atoms with van der Waals surface area (Å²) in [6.45, 7) is 1.04. The van der Waals surface area contributed by atoms with Crippen LogP contribution in [0.25, 0.3) is 10.9 Å². The van der Waals surface area contributed by atoms with E-state index in [0.717, 1.165) is 23.0 Å². The van der Waals surface area contributed by atoms with E-state index in [9.17, 15) is 0 Å². The fourth-order valence-electron chi connectivity index (χ4n) is 2.95. The Morgan fingerprint density at radius 2 is 2.06 bits per heavy atom. The molecule has 0 N–H and O–H groups in total. The lowest BCUT2D eigenvalue weighted by molar-refractivity contribution is 0.319. The monoisotopic (exact) mass is 262 g/mol. The number of hydrogen-bond acceptors (Lipinski definition) is 1. The normalized spacial score (nSPS) is 17.4. The zero-order chi connectivity index (χ0) is 12.4. The Hall–Kier alpha value is -1.02. The molecular weight excluding hydrogens is 244 g/mol. The fraction of sp³-hybridized carbons (Fsp3) is 0.533. The van der Waals surface area contributed by atoms with Crippen LogP contribution in [0.15, 0.2) is 24.4 Å². The van der Waals surface area contributed by atoms with Crippen molar-refractivity contribution >= 4 is 22.5 Å². The zero-order valence-electron chi connectivity index (χ0n) is 10.6. The van der Waals surface area contributed by atoms with E-state index in [-0.39, 0.29) is 0 Å². The van der Waals surface area contributed by atoms with Gasteiger partial charge in [-0.1, -0.05) is 43.7 Å². The van der Waals surface area contributed by atoms with Gasteiger partial charge in [0, 0.05) is 23.2 Å². The summed E-state index contributed by atoms with van der Waals surface area (Å²) in [7, 11) is 0. The van der Waals surface area contributed by atoms with Crippen LogP contribution in [0.5, 0.6) is 0 Å². The molecule has 3 rings (SSSR count). The van der Waals surface area contributed by atoms with Crippen LogP contribution < -0.4 is 0 Å². The van der Waals surface area contributed by atoms with Gasteiger partial charge in [0.15, 0.2) is 0 Å². The molecule has 18 heavy (non-hydrogen) atoms. The maximum Gasteiger partial charge on any atom is 0.0938 e. The molecule has 1 aliphatic carbocycles. The van der Waals surface area contributed by atoms with E-state index >= 15 is 0 Å². The van der Waals surface area contributed by atoms with Gasteiger partial charge in [0.2, 0.25) is 0 Å². The first-order valence-corrected chi connectivity index (χ1v) is 7.32. The van der Waals surface area contributed by atoms with Gasteiger partial charge in [0.05, 0.1) is 5.52 Å². The number of aryl methyl sites for hydroxylation is 1. The molecule has 3 heteroatoms. The summed E-state index contributed by atoms with van der Waals surface area (Å²) >= 11 is 5.98. The SMILES string of the molecule is Clc1ccc2cn(CCC3CCCCC3)nc2c1. The first-order chi connectivity index (χ1) is 8.81. The van der Waals surface area contributed by atoms with E-state index < -0.39 is 0 Å². The number of rotatable bonds is 3. The van der Waals surface area contributed by atoms with E-state index in [4.69, 9.17) is 11.6 Å². The third kappa shape index (κ3) is 2.69. The Balaban J connectivity index is 1.67. The largest absolute Gasteiger partial charge is 0.272 e. The van der Waals surface area contributed by atoms with Gasteiger partial charge >= 0.3 is 0 Å². The maximum atomic E-state index is 5.98. The van der Waals surface area contributed by atoms with Crippen molar-refractivity contribution in [1.29, 1.82) is 0 Å². The third-order valence-electron chi connectivity index (χ3n) is 4.01. The number of benzene rings is 1. The molecule has 2 aromatic rings. The van der Waals surface area contributed by atoms with Gasteiger partial charge < -0.3 is 0 Å². The second-order valence-electron chi connectivity index (χ2n) is 5.39. The maximum absolute atomic E-state index is 5.98. The van der Waals surface area contributed by atoms with Gasteiger partial charge in [-0.3, -0.25) is 4.68 Å². The lowest BCUT2D eigenvalue weighted by Gasteiger charge is -2.21. The van der Waals surface area contributed by atoms with Gasteiger partial charge in [-0.05, 0) is 30.5 Å². The highest BCUT2D eigenvalue weighted by molar-refractivity contribution is 6.31. The van der Waals surface area contributed by atoms with Gasteiger partial charge in [-0.15, -0.1) is 0 Å². The van der Waals surface area contributed by atoms with Crippen molar-refractivity contribution in [2.24, 2.45) is 5.92 Å². The molecule has 96 valence electrons. The van der Waals surface area contributed by atoms with Gasteiger partial charge in [-0.25, -0.2) is 0 Å². The Labute approximate surface area is 113 Å². The highest BCUT2D eigenvalue weighted by Crippen LogP contribution is 2.27. The molecule has 0 saturated heterocycles. The lowest BCUT2D eigenvalue weighted by Crippen LogP contribution is -2.10. The second kappa shape index (κ2) is 5.31. The molecule has 1 aliphatic rings. The molecule has 1 heterocycles. The molecule has 0 aliphatic heterocycles. The van der Waals surface area contributed by atoms with Crippen molar-refractivity contribution in [2.75, 3.05) is 0 Å². The van der Waals surface area contributed by atoms with Crippen LogP contribution in [0.3, 0.4) is 0 Å². The van der Waals surface area contributed by atoms with E-state index in [0.29, 0.717) is 0 Å². The molecule has 0 unspecified atom stereocenters. The highest BCUT2D eigenvalue weighted by atomic mass is 35.5. The first-order valence-electron chi connectivity index (χ1n) is 6.94. The van der Waals surface area contributed by atoms with Crippen molar-refractivity contribution in [2.45, 2.75) is 45.1 Å². The van der Waals surface area contributed by atoms with E-state index in [1.54, 1.807) is 0 Å². The molecule has 2 nitrogen and oxygen atoms in total. The van der Waals surface area contributed by atoms with E-state index in [1.807, 2.05) is 18.2 Å². The smallest absolute Gasteiger partial charge is 0.0938 e. The number of hydrogen-bond donors (Lipinski definition) is 0. The Morgan fingerprint density at radius 1 is 1.22 bits per heavy atom. The minimum atomic E-state index is 0.764. The minimum Gasteiger partial charge on any atom is -0.272 e. The lowest BCUT2D eigenvalue weighted by atomic mass is 9.87. The molecule has 0 amide bonds. The Bertz CT molecular complexity index is 526. The third-order valence-corrected chi connectivity index (χ3v) is 4.24. The summed E-state index contributed by atoms with van der Waals surface area (Å²) in [6, 6.07) is 5.91. The molecule has 0 radical (unpaired) electrons. The summed E-state index contributed by atoms with van der Waals surface area (Å²) in [4.78, 5) is 0. The van der Waals surface area contributed by atoms with Crippen molar-refractivity contribution in [3.63, 3.8) is 0 Å². The predicted octanol–water partition coefficient (Wildman–Crippen LogP) is 4.66. The first kappa shape index (κ1) is 12.0. The van der Waals surface area contributed by atoms with Crippen LogP contribution in [0.2, 0.25) is 5.02 Å². The van der Waals surface area contributed by atoms with Crippen molar-refractivity contribution in [3.05, 3.63) is 29.4 Å². The molecule has 1 saturated carbocycles. The minimum absolute atomic E-state index is 0.764. The van der Waals surface area contributed by atoms with Crippen molar-refractivity contribution < 1.29 is 0 Å². The molecule has 1 aromatic carbocycles. The van der Waals surface area contributed by atoms with Crippen LogP contribution in [-0.4, -0.2) is 9.78 Å². The predicted molar refractivity (Wildman–Crippen MR) is 75.9 cm³/mol. The Kier molecular flexibility index (Phi) is 3.55. The molecule has 0 bridgehead atoms. The molecule has 0 spiro atoms. The summed E-state index contributed by atoms with van der Waals surface area (Å²) in [5.74, 6) is 0.912. The zero-order valence-corrected chi connectivity index (χ0v) is 11.4. The highest BCUT2D eigenvalue weighted by Gasteiger charge is 2.13. The summed E-state index contributed by atoms with van der Waals surface area (Å²) < 4.78 is 2.08. The molecular formula is C15H19ClN2. The molecule has 0 atom stereocenters. The quantitative estimate of drug-likeness (QED) is 0.787. The number of aromatic nitrogens is 2. The molecule has 1 fully saturated rings. The van der Waals surface area contributed by atoms with Crippen LogP contribution >= 0.6 is 11.6 Å².